The van der Waals surface area contributed by atoms with E-state index in [-0.39, 0.29) is 11.7 Å². The third-order valence-electron chi connectivity index (χ3n) is 2.73. The predicted molar refractivity (Wildman–Crippen MR) is 73.7 cm³/mol. The van der Waals surface area contributed by atoms with Gasteiger partial charge in [0.1, 0.15) is 6.61 Å². The molecule has 96 valence electrons. The highest BCUT2D eigenvalue weighted by atomic mass is 32.2. The summed E-state index contributed by atoms with van der Waals surface area (Å²) in [6.07, 6.45) is -0.555. The van der Waals surface area contributed by atoms with Gasteiger partial charge in [-0.15, -0.1) is 0 Å². The van der Waals surface area contributed by atoms with Gasteiger partial charge in [0.2, 0.25) is 11.2 Å². The van der Waals surface area contributed by atoms with Crippen molar-refractivity contribution in [2.45, 2.75) is 11.0 Å². The molecule has 2 aromatic carbocycles. The summed E-state index contributed by atoms with van der Waals surface area (Å²) in [7, 11) is 0. The van der Waals surface area contributed by atoms with E-state index in [1.165, 1.54) is 11.8 Å². The molecule has 19 heavy (non-hydrogen) atoms. The van der Waals surface area contributed by atoms with Crippen LogP contribution >= 0.6 is 11.8 Å². The molecule has 0 N–H and O–H groups in total. The van der Waals surface area contributed by atoms with Gasteiger partial charge in [-0.25, -0.2) is 0 Å². The van der Waals surface area contributed by atoms with Gasteiger partial charge in [-0.05, 0) is 36.0 Å². The van der Waals surface area contributed by atoms with Gasteiger partial charge < -0.3 is 9.47 Å². The van der Waals surface area contributed by atoms with Crippen LogP contribution < -0.4 is 9.47 Å². The van der Waals surface area contributed by atoms with Crippen molar-refractivity contribution in [3.05, 3.63) is 54.6 Å². The number of rotatable bonds is 2. The lowest BCUT2D eigenvalue weighted by molar-refractivity contribution is -0.119. The predicted octanol–water partition coefficient (Wildman–Crippen LogP) is 3.15. The molecule has 4 heteroatoms. The monoisotopic (exact) mass is 272 g/mol. The fourth-order valence-electron chi connectivity index (χ4n) is 1.81. The van der Waals surface area contributed by atoms with Gasteiger partial charge in [0, 0.05) is 4.90 Å². The zero-order valence-corrected chi connectivity index (χ0v) is 10.9. The van der Waals surface area contributed by atoms with Crippen molar-refractivity contribution < 1.29 is 14.3 Å². The maximum absolute atomic E-state index is 12.1. The van der Waals surface area contributed by atoms with Crippen LogP contribution in [0, 0.1) is 0 Å². The van der Waals surface area contributed by atoms with Crippen LogP contribution in [0.5, 0.6) is 11.5 Å². The van der Waals surface area contributed by atoms with Gasteiger partial charge >= 0.3 is 0 Å². The number of benzene rings is 2. The molecule has 0 saturated carbocycles. The molecule has 0 aliphatic carbocycles. The summed E-state index contributed by atoms with van der Waals surface area (Å²) in [5, 5.41) is -0.0410. The second kappa shape index (κ2) is 5.36. The lowest BCUT2D eigenvalue weighted by Gasteiger charge is -2.25. The zero-order chi connectivity index (χ0) is 13.1. The van der Waals surface area contributed by atoms with E-state index in [2.05, 4.69) is 0 Å². The number of hydrogen-bond donors (Lipinski definition) is 0. The SMILES string of the molecule is O=C(Sc1ccccc1)[C@H]1COc2ccccc2O1. The summed E-state index contributed by atoms with van der Waals surface area (Å²) >= 11 is 1.18. The Morgan fingerprint density at radius 2 is 1.68 bits per heavy atom. The smallest absolute Gasteiger partial charge is 0.237 e. The third kappa shape index (κ3) is 2.74. The Labute approximate surface area is 115 Å². The molecular weight excluding hydrogens is 260 g/mol. The standard InChI is InChI=1S/C15H12O3S/c16-15(19-11-6-2-1-3-7-11)14-10-17-12-8-4-5-9-13(12)18-14/h1-9,14H,10H2/t14-/m1/s1. The van der Waals surface area contributed by atoms with E-state index in [0.29, 0.717) is 11.5 Å². The van der Waals surface area contributed by atoms with E-state index in [9.17, 15) is 4.79 Å². The van der Waals surface area contributed by atoms with Crippen molar-refractivity contribution in [3.63, 3.8) is 0 Å². The molecule has 1 heterocycles. The summed E-state index contributed by atoms with van der Waals surface area (Å²) in [6, 6.07) is 16.9. The van der Waals surface area contributed by atoms with E-state index in [1.807, 2.05) is 54.6 Å². The minimum absolute atomic E-state index is 0.0410. The average Bonchev–Trinajstić information content (AvgIpc) is 2.48. The fourth-order valence-corrected chi connectivity index (χ4v) is 2.58. The number of para-hydroxylation sites is 2. The maximum Gasteiger partial charge on any atom is 0.237 e. The fraction of sp³-hybridized carbons (Fsp3) is 0.133. The Morgan fingerprint density at radius 1 is 1.00 bits per heavy atom. The van der Waals surface area contributed by atoms with Crippen molar-refractivity contribution in [1.29, 1.82) is 0 Å². The van der Waals surface area contributed by atoms with E-state index >= 15 is 0 Å². The van der Waals surface area contributed by atoms with E-state index in [4.69, 9.17) is 9.47 Å². The molecule has 0 amide bonds. The average molecular weight is 272 g/mol. The van der Waals surface area contributed by atoms with Crippen LogP contribution in [0.3, 0.4) is 0 Å². The second-order valence-corrected chi connectivity index (χ2v) is 5.18. The van der Waals surface area contributed by atoms with Crippen molar-refractivity contribution in [2.75, 3.05) is 6.61 Å². The van der Waals surface area contributed by atoms with Gasteiger partial charge in [0.25, 0.3) is 0 Å². The van der Waals surface area contributed by atoms with Crippen LogP contribution in [-0.2, 0) is 4.79 Å². The molecule has 3 nitrogen and oxygen atoms in total. The Kier molecular flexibility index (Phi) is 3.42. The summed E-state index contributed by atoms with van der Waals surface area (Å²) in [5.41, 5.74) is 0. The van der Waals surface area contributed by atoms with Crippen LogP contribution in [0.25, 0.3) is 0 Å². The maximum atomic E-state index is 12.1. The first kappa shape index (κ1) is 12.1. The van der Waals surface area contributed by atoms with Crippen LogP contribution in [0.15, 0.2) is 59.5 Å². The normalized spacial score (nSPS) is 16.9. The van der Waals surface area contributed by atoms with E-state index in [0.717, 1.165) is 4.90 Å². The molecule has 0 radical (unpaired) electrons. The zero-order valence-electron chi connectivity index (χ0n) is 10.1. The molecule has 0 aromatic heterocycles. The molecule has 2 aromatic rings. The highest BCUT2D eigenvalue weighted by Crippen LogP contribution is 2.32. The first-order valence-corrected chi connectivity index (χ1v) is 6.80. The van der Waals surface area contributed by atoms with Crippen molar-refractivity contribution in [2.24, 2.45) is 0 Å². The summed E-state index contributed by atoms with van der Waals surface area (Å²) in [5.74, 6) is 1.32. The molecule has 0 unspecified atom stereocenters. The van der Waals surface area contributed by atoms with Crippen molar-refractivity contribution in [1.82, 2.24) is 0 Å². The second-order valence-electron chi connectivity index (χ2n) is 4.10. The molecule has 0 spiro atoms. The van der Waals surface area contributed by atoms with Crippen LogP contribution in [0.1, 0.15) is 0 Å². The van der Waals surface area contributed by atoms with Gasteiger partial charge in [-0.2, -0.15) is 0 Å². The quantitative estimate of drug-likeness (QED) is 0.787. The summed E-state index contributed by atoms with van der Waals surface area (Å²) < 4.78 is 11.2. The van der Waals surface area contributed by atoms with E-state index in [1.54, 1.807) is 0 Å². The first-order valence-electron chi connectivity index (χ1n) is 5.98. The van der Waals surface area contributed by atoms with Crippen molar-refractivity contribution >= 4 is 16.9 Å². The molecule has 0 fully saturated rings. The largest absolute Gasteiger partial charge is 0.485 e. The molecule has 0 saturated heterocycles. The van der Waals surface area contributed by atoms with Gasteiger partial charge in [-0.1, -0.05) is 30.3 Å². The highest BCUT2D eigenvalue weighted by Gasteiger charge is 2.27. The minimum Gasteiger partial charge on any atom is -0.485 e. The Morgan fingerprint density at radius 3 is 2.47 bits per heavy atom. The Hall–Kier alpha value is -1.94. The van der Waals surface area contributed by atoms with Crippen LogP contribution in [0.4, 0.5) is 0 Å². The molecule has 0 bridgehead atoms. The first-order chi connectivity index (χ1) is 9.33. The van der Waals surface area contributed by atoms with Gasteiger partial charge in [0.15, 0.2) is 11.5 Å². The summed E-state index contributed by atoms with van der Waals surface area (Å²) in [4.78, 5) is 13.0. The Balaban J connectivity index is 1.70. The Bertz CT molecular complexity index is 583. The van der Waals surface area contributed by atoms with Gasteiger partial charge in [0.05, 0.1) is 0 Å². The molecular formula is C15H12O3S. The minimum atomic E-state index is -0.555. The number of carbonyl (C=O) groups excluding carboxylic acids is 1. The molecule has 1 aliphatic rings. The van der Waals surface area contributed by atoms with Crippen LogP contribution in [0.2, 0.25) is 0 Å². The van der Waals surface area contributed by atoms with Gasteiger partial charge in [-0.3, -0.25) is 4.79 Å². The molecule has 1 aliphatic heterocycles. The molecule has 1 atom stereocenters. The number of fused-ring (bicyclic) bond motifs is 1. The number of carbonyl (C=O) groups is 1. The lowest BCUT2D eigenvalue weighted by Crippen LogP contribution is -2.34. The number of ether oxygens (including phenoxy) is 2. The summed E-state index contributed by atoms with van der Waals surface area (Å²) in [6.45, 7) is 0.260. The number of thioether (sulfide) groups is 1. The highest BCUT2D eigenvalue weighted by molar-refractivity contribution is 8.13. The topological polar surface area (TPSA) is 35.5 Å². The number of hydrogen-bond acceptors (Lipinski definition) is 4. The molecule has 3 rings (SSSR count). The van der Waals surface area contributed by atoms with Crippen molar-refractivity contribution in [3.8, 4) is 11.5 Å². The van der Waals surface area contributed by atoms with E-state index < -0.39 is 6.10 Å². The van der Waals surface area contributed by atoms with Crippen LogP contribution in [-0.4, -0.2) is 17.8 Å². The third-order valence-corrected chi connectivity index (χ3v) is 3.71. The lowest BCUT2D eigenvalue weighted by atomic mass is 10.3.